The molecule has 2 heteroatoms. The third-order valence-electron chi connectivity index (χ3n) is 6.51. The molecular weight excluding hydrogens is 376 g/mol. The number of hydrogen-bond donors (Lipinski definition) is 0. The fourth-order valence-electron chi connectivity index (χ4n) is 4.48. The summed E-state index contributed by atoms with van der Waals surface area (Å²) in [5, 5.41) is 0. The molecule has 0 saturated carbocycles. The minimum atomic E-state index is 0.0917. The van der Waals surface area contributed by atoms with Gasteiger partial charge in [-0.2, -0.15) is 4.57 Å². The molecule has 0 N–H and O–H groups in total. The zero-order chi connectivity index (χ0) is 23.6. The van der Waals surface area contributed by atoms with Crippen LogP contribution in [0.25, 0.3) is 6.08 Å². The quantitative estimate of drug-likeness (QED) is 0.404. The second-order valence-electron chi connectivity index (χ2n) is 13.6. The molecule has 2 aliphatic heterocycles. The van der Waals surface area contributed by atoms with E-state index in [-0.39, 0.29) is 21.7 Å². The monoisotopic (exact) mass is 421 g/mol. The summed E-state index contributed by atoms with van der Waals surface area (Å²) in [6.45, 7) is 30.0. The molecule has 0 spiro atoms. The first-order valence-corrected chi connectivity index (χ1v) is 11.9. The van der Waals surface area contributed by atoms with E-state index in [0.29, 0.717) is 0 Å². The Labute approximate surface area is 191 Å². The van der Waals surface area contributed by atoms with Crippen molar-refractivity contribution >= 4 is 6.08 Å². The fourth-order valence-corrected chi connectivity index (χ4v) is 4.48. The summed E-state index contributed by atoms with van der Waals surface area (Å²) >= 11 is 0. The van der Waals surface area contributed by atoms with Crippen molar-refractivity contribution in [2.75, 3.05) is 6.54 Å². The van der Waals surface area contributed by atoms with E-state index in [0.717, 1.165) is 13.1 Å². The third-order valence-corrected chi connectivity index (χ3v) is 6.51. The molecule has 1 aromatic heterocycles. The lowest BCUT2D eigenvalue weighted by Gasteiger charge is -2.39. The van der Waals surface area contributed by atoms with Crippen molar-refractivity contribution in [3.63, 3.8) is 0 Å². The van der Waals surface area contributed by atoms with Crippen LogP contribution in [0.5, 0.6) is 0 Å². The van der Waals surface area contributed by atoms with Gasteiger partial charge < -0.3 is 4.90 Å². The second kappa shape index (κ2) is 7.36. The van der Waals surface area contributed by atoms with E-state index >= 15 is 0 Å². The van der Waals surface area contributed by atoms with Crippen LogP contribution < -0.4 is 4.57 Å². The summed E-state index contributed by atoms with van der Waals surface area (Å²) in [5.41, 5.74) is 8.76. The molecule has 0 saturated heterocycles. The minimum Gasteiger partial charge on any atom is -0.338 e. The zero-order valence-corrected chi connectivity index (χ0v) is 22.2. The highest BCUT2D eigenvalue weighted by Gasteiger charge is 2.36. The maximum atomic E-state index is 2.56. The molecule has 1 aromatic rings. The largest absolute Gasteiger partial charge is 0.338 e. The van der Waals surface area contributed by atoms with E-state index < -0.39 is 0 Å². The lowest BCUT2D eigenvalue weighted by Crippen LogP contribution is -2.48. The van der Waals surface area contributed by atoms with Gasteiger partial charge in [0.2, 0.25) is 5.69 Å². The van der Waals surface area contributed by atoms with Crippen molar-refractivity contribution in [2.45, 2.75) is 100 Å². The first-order chi connectivity index (χ1) is 13.9. The van der Waals surface area contributed by atoms with Crippen LogP contribution in [-0.2, 0) is 17.4 Å². The van der Waals surface area contributed by atoms with E-state index in [2.05, 4.69) is 123 Å². The Bertz CT molecular complexity index is 958. The standard InChI is InChI=1S/C29H45N2/c1-26(2,3)20-15-22-19-23-16-21(27(4,5)6)18-25(29(10,11)12)31(23)14-13-30(22)24(17-20)28(7,8)9/h15-19H,13-14H2,1-12H3/q+1. The van der Waals surface area contributed by atoms with Gasteiger partial charge >= 0.3 is 0 Å². The van der Waals surface area contributed by atoms with E-state index in [9.17, 15) is 0 Å². The molecule has 170 valence electrons. The Hall–Kier alpha value is -1.83. The molecule has 0 aliphatic carbocycles. The summed E-state index contributed by atoms with van der Waals surface area (Å²) in [4.78, 5) is 2.56. The Kier molecular flexibility index (Phi) is 5.65. The third kappa shape index (κ3) is 4.83. The molecule has 31 heavy (non-hydrogen) atoms. The normalized spacial score (nSPS) is 17.9. The van der Waals surface area contributed by atoms with Crippen molar-refractivity contribution in [3.8, 4) is 0 Å². The van der Waals surface area contributed by atoms with Gasteiger partial charge in [0.05, 0.1) is 6.54 Å². The first-order valence-electron chi connectivity index (χ1n) is 11.9. The van der Waals surface area contributed by atoms with E-state index in [1.54, 1.807) is 0 Å². The fraction of sp³-hybridized carbons (Fsp3) is 0.621. The van der Waals surface area contributed by atoms with Gasteiger partial charge in [-0.05, 0) is 34.1 Å². The van der Waals surface area contributed by atoms with Gasteiger partial charge in [0.25, 0.3) is 0 Å². The minimum absolute atomic E-state index is 0.0917. The van der Waals surface area contributed by atoms with E-state index in [1.807, 2.05) is 0 Å². The van der Waals surface area contributed by atoms with Gasteiger partial charge in [-0.1, -0.05) is 83.1 Å². The molecule has 3 rings (SSSR count). The number of fused-ring (bicyclic) bond motifs is 2. The van der Waals surface area contributed by atoms with Crippen molar-refractivity contribution < 1.29 is 4.57 Å². The van der Waals surface area contributed by atoms with Crippen LogP contribution in [0.3, 0.4) is 0 Å². The Morgan fingerprint density at radius 3 is 1.77 bits per heavy atom. The molecular formula is C29H45N2+. The molecule has 2 aliphatic rings. The molecule has 0 fully saturated rings. The van der Waals surface area contributed by atoms with Crippen LogP contribution in [0.1, 0.15) is 100 Å². The molecule has 0 unspecified atom stereocenters. The lowest BCUT2D eigenvalue weighted by molar-refractivity contribution is -0.707. The maximum Gasteiger partial charge on any atom is 0.207 e. The predicted octanol–water partition coefficient (Wildman–Crippen LogP) is 7.14. The summed E-state index contributed by atoms with van der Waals surface area (Å²) in [6.07, 6.45) is 7.30. The highest BCUT2D eigenvalue weighted by Crippen LogP contribution is 2.41. The lowest BCUT2D eigenvalue weighted by atomic mass is 9.79. The van der Waals surface area contributed by atoms with E-state index in [1.165, 1.54) is 33.9 Å². The summed E-state index contributed by atoms with van der Waals surface area (Å²) in [5.74, 6) is 0. The number of hydrogen-bond acceptors (Lipinski definition) is 1. The van der Waals surface area contributed by atoms with Gasteiger partial charge in [0.15, 0.2) is 12.2 Å². The Balaban J connectivity index is 2.29. The van der Waals surface area contributed by atoms with Crippen LogP contribution in [0.4, 0.5) is 0 Å². The number of pyridine rings is 1. The topological polar surface area (TPSA) is 7.12 Å². The summed E-state index contributed by atoms with van der Waals surface area (Å²) in [6, 6.07) is 4.87. The van der Waals surface area contributed by atoms with Crippen LogP contribution in [-0.4, -0.2) is 11.4 Å². The average Bonchev–Trinajstić information content (AvgIpc) is 2.75. The van der Waals surface area contributed by atoms with Gasteiger partial charge in [-0.3, -0.25) is 0 Å². The van der Waals surface area contributed by atoms with Gasteiger partial charge in [0, 0.05) is 40.4 Å². The number of nitrogens with zero attached hydrogens (tertiary/aromatic N) is 2. The SMILES string of the molecule is CC(C)(C)C1=CC2=Cc3cc(C(C)(C)C)cc(C(C)(C)C)[n+]3CCN2C(C(C)(C)C)=C1. The average molecular weight is 422 g/mol. The zero-order valence-electron chi connectivity index (χ0n) is 22.2. The molecule has 0 atom stereocenters. The van der Waals surface area contributed by atoms with Crippen LogP contribution in [0.2, 0.25) is 0 Å². The van der Waals surface area contributed by atoms with Crippen LogP contribution in [0, 0.1) is 10.8 Å². The van der Waals surface area contributed by atoms with Gasteiger partial charge in [-0.15, -0.1) is 0 Å². The number of allylic oxidation sites excluding steroid dienone is 4. The van der Waals surface area contributed by atoms with Gasteiger partial charge in [0.1, 0.15) is 0 Å². The molecule has 0 amide bonds. The number of rotatable bonds is 0. The van der Waals surface area contributed by atoms with Crippen molar-refractivity contribution in [2.24, 2.45) is 10.8 Å². The smallest absolute Gasteiger partial charge is 0.207 e. The molecule has 3 heterocycles. The van der Waals surface area contributed by atoms with Gasteiger partial charge in [-0.25, -0.2) is 0 Å². The van der Waals surface area contributed by atoms with Crippen molar-refractivity contribution in [3.05, 3.63) is 58.2 Å². The molecule has 0 radical (unpaired) electrons. The highest BCUT2D eigenvalue weighted by molar-refractivity contribution is 5.57. The Morgan fingerprint density at radius 2 is 1.29 bits per heavy atom. The maximum absolute atomic E-state index is 2.56. The molecule has 0 bridgehead atoms. The molecule has 0 aromatic carbocycles. The highest BCUT2D eigenvalue weighted by atomic mass is 15.2. The van der Waals surface area contributed by atoms with E-state index in [4.69, 9.17) is 0 Å². The van der Waals surface area contributed by atoms with Crippen LogP contribution in [0.15, 0.2) is 41.3 Å². The first kappa shape index (κ1) is 23.8. The van der Waals surface area contributed by atoms with Crippen molar-refractivity contribution in [1.29, 1.82) is 0 Å². The molecule has 2 nitrogen and oxygen atoms in total. The Morgan fingerprint density at radius 1 is 0.677 bits per heavy atom. The van der Waals surface area contributed by atoms with Crippen molar-refractivity contribution in [1.82, 2.24) is 4.90 Å². The van der Waals surface area contributed by atoms with Crippen LogP contribution >= 0.6 is 0 Å². The number of aromatic nitrogens is 1. The predicted molar refractivity (Wildman–Crippen MR) is 134 cm³/mol. The summed E-state index contributed by atoms with van der Waals surface area (Å²) < 4.78 is 2.56. The second-order valence-corrected chi connectivity index (χ2v) is 13.6. The summed E-state index contributed by atoms with van der Waals surface area (Å²) in [7, 11) is 0.